The number of benzene rings is 2. The molecule has 0 amide bonds. The summed E-state index contributed by atoms with van der Waals surface area (Å²) in [6.07, 6.45) is -0.823. The Morgan fingerprint density at radius 1 is 1.12 bits per heavy atom. The Morgan fingerprint density at radius 2 is 1.88 bits per heavy atom. The van der Waals surface area contributed by atoms with Gasteiger partial charge >= 0.3 is 0 Å². The highest BCUT2D eigenvalue weighted by Crippen LogP contribution is 2.14. The van der Waals surface area contributed by atoms with Crippen LogP contribution in [0.2, 0.25) is 0 Å². The number of nitrogens with zero attached hydrogens (tertiary/aromatic N) is 2. The van der Waals surface area contributed by atoms with Crippen molar-refractivity contribution >= 4 is 10.8 Å². The number of hydrogen-bond donors (Lipinski definition) is 1. The summed E-state index contributed by atoms with van der Waals surface area (Å²) in [5, 5.41) is 15.9. The lowest BCUT2D eigenvalue weighted by Gasteiger charge is -2.14. The van der Waals surface area contributed by atoms with Gasteiger partial charge in [-0.1, -0.05) is 30.3 Å². The van der Waals surface area contributed by atoms with Crippen molar-refractivity contribution in [2.24, 2.45) is 0 Å². The molecule has 124 valence electrons. The molecule has 0 radical (unpaired) electrons. The van der Waals surface area contributed by atoms with Gasteiger partial charge in [0.15, 0.2) is 0 Å². The van der Waals surface area contributed by atoms with Gasteiger partial charge in [0.05, 0.1) is 17.6 Å². The third kappa shape index (κ3) is 3.46. The highest BCUT2D eigenvalue weighted by atomic mass is 16.5. The third-order valence-corrected chi connectivity index (χ3v) is 3.87. The topological polar surface area (TPSA) is 64.3 Å². The minimum absolute atomic E-state index is 0.0936. The second-order valence-electron chi connectivity index (χ2n) is 5.90. The number of ether oxygens (including phenoxy) is 1. The molecular weight excluding hydrogens is 304 g/mol. The largest absolute Gasteiger partial charge is 0.491 e. The predicted molar refractivity (Wildman–Crippen MR) is 93.4 cm³/mol. The zero-order valence-corrected chi connectivity index (χ0v) is 13.8. The molecule has 3 rings (SSSR count). The fraction of sp³-hybridized carbons (Fsp3) is 0.263. The average Bonchev–Trinajstić information content (AvgIpc) is 2.58. The summed E-state index contributed by atoms with van der Waals surface area (Å²) in [6.45, 7) is 4.03. The maximum Gasteiger partial charge on any atom is 0.274 e. The summed E-state index contributed by atoms with van der Waals surface area (Å²) >= 11 is 0. The zero-order valence-electron chi connectivity index (χ0n) is 13.8. The maximum absolute atomic E-state index is 12.5. The van der Waals surface area contributed by atoms with E-state index in [-0.39, 0.29) is 18.7 Å². The van der Waals surface area contributed by atoms with Crippen molar-refractivity contribution in [3.8, 4) is 5.75 Å². The maximum atomic E-state index is 12.5. The molecule has 1 aromatic heterocycles. The monoisotopic (exact) mass is 324 g/mol. The van der Waals surface area contributed by atoms with E-state index in [9.17, 15) is 9.90 Å². The van der Waals surface area contributed by atoms with E-state index in [4.69, 9.17) is 4.74 Å². The van der Waals surface area contributed by atoms with Crippen LogP contribution in [-0.4, -0.2) is 27.6 Å². The smallest absolute Gasteiger partial charge is 0.274 e. The first-order valence-electron chi connectivity index (χ1n) is 7.88. The van der Waals surface area contributed by atoms with Crippen LogP contribution in [0.3, 0.4) is 0 Å². The van der Waals surface area contributed by atoms with Crippen molar-refractivity contribution < 1.29 is 9.84 Å². The molecule has 3 aromatic rings. The van der Waals surface area contributed by atoms with Crippen LogP contribution >= 0.6 is 0 Å². The molecular formula is C19H20N2O3. The van der Waals surface area contributed by atoms with Gasteiger partial charge in [-0.3, -0.25) is 4.79 Å². The predicted octanol–water partition coefficient (Wildman–Crippen LogP) is 2.45. The lowest BCUT2D eigenvalue weighted by molar-refractivity contribution is 0.0880. The summed E-state index contributed by atoms with van der Waals surface area (Å²) < 4.78 is 6.89. The Labute approximate surface area is 140 Å². The minimum Gasteiger partial charge on any atom is -0.491 e. The molecule has 5 heteroatoms. The second-order valence-corrected chi connectivity index (χ2v) is 5.90. The molecule has 0 aliphatic heterocycles. The van der Waals surface area contributed by atoms with Crippen LogP contribution in [0.4, 0.5) is 0 Å². The highest BCUT2D eigenvalue weighted by molar-refractivity contribution is 5.83. The Morgan fingerprint density at radius 3 is 2.62 bits per heavy atom. The SMILES string of the molecule is Cc1cccc(OCC(O)Cn2nc(C)c3ccccc3c2=O)c1. The first-order chi connectivity index (χ1) is 11.5. The molecule has 0 fully saturated rings. The van der Waals surface area contributed by atoms with E-state index in [0.717, 1.165) is 16.6 Å². The number of hydrogen-bond acceptors (Lipinski definition) is 4. The number of aryl methyl sites for hydroxylation is 2. The van der Waals surface area contributed by atoms with Crippen LogP contribution in [0.5, 0.6) is 5.75 Å². The van der Waals surface area contributed by atoms with E-state index in [1.807, 2.05) is 56.3 Å². The van der Waals surface area contributed by atoms with Crippen molar-refractivity contribution in [2.75, 3.05) is 6.61 Å². The Bertz CT molecular complexity index is 918. The van der Waals surface area contributed by atoms with Gasteiger partial charge in [-0.05, 0) is 37.6 Å². The van der Waals surface area contributed by atoms with E-state index in [1.165, 1.54) is 4.68 Å². The Balaban J connectivity index is 1.75. The Kier molecular flexibility index (Phi) is 4.62. The number of fused-ring (bicyclic) bond motifs is 1. The van der Waals surface area contributed by atoms with Gasteiger partial charge in [0, 0.05) is 5.39 Å². The number of aliphatic hydroxyl groups excluding tert-OH is 1. The van der Waals surface area contributed by atoms with Crippen molar-refractivity contribution in [2.45, 2.75) is 26.5 Å². The molecule has 0 saturated heterocycles. The zero-order chi connectivity index (χ0) is 17.1. The minimum atomic E-state index is -0.823. The van der Waals surface area contributed by atoms with Crippen LogP contribution in [0.25, 0.3) is 10.8 Å². The van der Waals surface area contributed by atoms with Gasteiger partial charge in [0.1, 0.15) is 18.5 Å². The normalized spacial score (nSPS) is 12.3. The van der Waals surface area contributed by atoms with Gasteiger partial charge in [0.2, 0.25) is 0 Å². The quantitative estimate of drug-likeness (QED) is 0.783. The van der Waals surface area contributed by atoms with Crippen molar-refractivity contribution in [1.82, 2.24) is 9.78 Å². The molecule has 0 spiro atoms. The van der Waals surface area contributed by atoms with Crippen LogP contribution in [-0.2, 0) is 6.54 Å². The van der Waals surface area contributed by atoms with Crippen LogP contribution < -0.4 is 10.3 Å². The van der Waals surface area contributed by atoms with E-state index >= 15 is 0 Å². The van der Waals surface area contributed by atoms with Gasteiger partial charge in [-0.2, -0.15) is 5.10 Å². The van der Waals surface area contributed by atoms with Gasteiger partial charge in [0.25, 0.3) is 5.56 Å². The summed E-state index contributed by atoms with van der Waals surface area (Å²) in [7, 11) is 0. The highest BCUT2D eigenvalue weighted by Gasteiger charge is 2.12. The lowest BCUT2D eigenvalue weighted by Crippen LogP contribution is -2.32. The fourth-order valence-electron chi connectivity index (χ4n) is 2.68. The fourth-order valence-corrected chi connectivity index (χ4v) is 2.68. The molecule has 0 bridgehead atoms. The van der Waals surface area contributed by atoms with E-state index in [2.05, 4.69) is 5.10 Å². The molecule has 0 saturated carbocycles. The van der Waals surface area contributed by atoms with Gasteiger partial charge < -0.3 is 9.84 Å². The van der Waals surface area contributed by atoms with Crippen LogP contribution in [0, 0.1) is 13.8 Å². The number of aliphatic hydroxyl groups is 1. The average molecular weight is 324 g/mol. The van der Waals surface area contributed by atoms with Crippen LogP contribution in [0.1, 0.15) is 11.3 Å². The second kappa shape index (κ2) is 6.84. The number of aromatic nitrogens is 2. The van der Waals surface area contributed by atoms with Crippen molar-refractivity contribution in [1.29, 1.82) is 0 Å². The Hall–Kier alpha value is -2.66. The van der Waals surface area contributed by atoms with Gasteiger partial charge in [-0.25, -0.2) is 4.68 Å². The van der Waals surface area contributed by atoms with Crippen molar-refractivity contribution in [3.05, 3.63) is 70.1 Å². The molecule has 1 N–H and O–H groups in total. The molecule has 5 nitrogen and oxygen atoms in total. The summed E-state index contributed by atoms with van der Waals surface area (Å²) in [5.74, 6) is 0.698. The molecule has 24 heavy (non-hydrogen) atoms. The lowest BCUT2D eigenvalue weighted by atomic mass is 10.1. The standard InChI is InChI=1S/C19H20N2O3/c1-13-6-5-7-16(10-13)24-12-15(22)11-21-19(23)18-9-4-3-8-17(18)14(2)20-21/h3-10,15,22H,11-12H2,1-2H3. The van der Waals surface area contributed by atoms with Crippen LogP contribution in [0.15, 0.2) is 53.3 Å². The first-order valence-corrected chi connectivity index (χ1v) is 7.88. The first kappa shape index (κ1) is 16.2. The molecule has 0 aliphatic carbocycles. The van der Waals surface area contributed by atoms with Crippen molar-refractivity contribution in [3.63, 3.8) is 0 Å². The summed E-state index contributed by atoms with van der Waals surface area (Å²) in [4.78, 5) is 12.5. The molecule has 1 heterocycles. The van der Waals surface area contributed by atoms with E-state index in [1.54, 1.807) is 6.07 Å². The molecule has 2 aromatic carbocycles. The molecule has 1 atom stereocenters. The third-order valence-electron chi connectivity index (χ3n) is 3.87. The molecule has 0 aliphatic rings. The summed E-state index contributed by atoms with van der Waals surface area (Å²) in [6, 6.07) is 15.0. The van der Waals surface area contributed by atoms with E-state index < -0.39 is 6.10 Å². The number of rotatable bonds is 5. The summed E-state index contributed by atoms with van der Waals surface area (Å²) in [5.41, 5.74) is 1.65. The van der Waals surface area contributed by atoms with E-state index in [0.29, 0.717) is 11.1 Å². The van der Waals surface area contributed by atoms with Gasteiger partial charge in [-0.15, -0.1) is 0 Å². The molecule has 1 unspecified atom stereocenters.